The molecule has 1 aliphatic heterocycles. The van der Waals surface area contributed by atoms with Gasteiger partial charge in [-0.05, 0) is 37.8 Å². The molecule has 1 atom stereocenters. The lowest BCUT2D eigenvalue weighted by molar-refractivity contribution is -0.138. The van der Waals surface area contributed by atoms with Gasteiger partial charge < -0.3 is 10.0 Å². The van der Waals surface area contributed by atoms with Crippen LogP contribution in [0.1, 0.15) is 57.8 Å². The van der Waals surface area contributed by atoms with Gasteiger partial charge in [0.1, 0.15) is 0 Å². The maximum Gasteiger partial charge on any atom is 0.303 e. The smallest absolute Gasteiger partial charge is 0.303 e. The minimum Gasteiger partial charge on any atom is -0.481 e. The monoisotopic (exact) mass is 253 g/mol. The molecular weight excluding hydrogens is 226 g/mol. The van der Waals surface area contributed by atoms with Crippen molar-refractivity contribution in [1.29, 1.82) is 0 Å². The molecule has 2 rings (SSSR count). The van der Waals surface area contributed by atoms with Gasteiger partial charge in [0.05, 0.1) is 0 Å². The Morgan fingerprint density at radius 3 is 2.28 bits per heavy atom. The number of hydrogen-bond donors (Lipinski definition) is 1. The number of carbonyl (C=O) groups is 1. The van der Waals surface area contributed by atoms with Crippen LogP contribution in [-0.4, -0.2) is 35.6 Å². The van der Waals surface area contributed by atoms with Gasteiger partial charge in [-0.1, -0.05) is 38.5 Å². The highest BCUT2D eigenvalue weighted by molar-refractivity contribution is 5.67. The van der Waals surface area contributed by atoms with Gasteiger partial charge in [0.25, 0.3) is 0 Å². The van der Waals surface area contributed by atoms with Gasteiger partial charge in [0.2, 0.25) is 0 Å². The number of piperidine rings is 1. The Labute approximate surface area is 111 Å². The van der Waals surface area contributed by atoms with Crippen molar-refractivity contribution in [3.05, 3.63) is 0 Å². The van der Waals surface area contributed by atoms with E-state index in [0.717, 1.165) is 6.54 Å². The van der Waals surface area contributed by atoms with Crippen LogP contribution in [0.2, 0.25) is 0 Å². The highest BCUT2D eigenvalue weighted by Gasteiger charge is 2.27. The zero-order valence-electron chi connectivity index (χ0n) is 11.4. The minimum absolute atomic E-state index is 0.376. The second kappa shape index (κ2) is 7.13. The van der Waals surface area contributed by atoms with Crippen molar-refractivity contribution >= 4 is 5.97 Å². The maximum atomic E-state index is 11.1. The van der Waals surface area contributed by atoms with Crippen LogP contribution >= 0.6 is 0 Å². The van der Waals surface area contributed by atoms with Crippen LogP contribution in [0.4, 0.5) is 0 Å². The zero-order chi connectivity index (χ0) is 12.8. The Bertz CT molecular complexity index is 255. The SMILES string of the molecule is O=C(O)CC(CN1CCCCC1)C1CCCCC1. The molecule has 0 aromatic carbocycles. The number of carboxylic acid groups (broad SMARTS) is 1. The first-order valence-electron chi connectivity index (χ1n) is 7.70. The van der Waals surface area contributed by atoms with Gasteiger partial charge in [-0.2, -0.15) is 0 Å². The number of carboxylic acids is 1. The Morgan fingerprint density at radius 1 is 1.06 bits per heavy atom. The van der Waals surface area contributed by atoms with Gasteiger partial charge in [0, 0.05) is 13.0 Å². The topological polar surface area (TPSA) is 40.5 Å². The van der Waals surface area contributed by atoms with Crippen LogP contribution in [0.5, 0.6) is 0 Å². The molecule has 104 valence electrons. The van der Waals surface area contributed by atoms with E-state index in [1.54, 1.807) is 0 Å². The second-order valence-corrected chi connectivity index (χ2v) is 6.12. The fraction of sp³-hybridized carbons (Fsp3) is 0.933. The van der Waals surface area contributed by atoms with E-state index < -0.39 is 5.97 Å². The number of rotatable bonds is 5. The molecule has 0 radical (unpaired) electrons. The molecule has 0 amide bonds. The van der Waals surface area contributed by atoms with Crippen molar-refractivity contribution in [3.63, 3.8) is 0 Å². The van der Waals surface area contributed by atoms with Crippen molar-refractivity contribution in [2.75, 3.05) is 19.6 Å². The molecule has 3 nitrogen and oxygen atoms in total. The van der Waals surface area contributed by atoms with E-state index in [4.69, 9.17) is 5.11 Å². The van der Waals surface area contributed by atoms with E-state index >= 15 is 0 Å². The lowest BCUT2D eigenvalue weighted by atomic mass is 9.78. The number of aliphatic carboxylic acids is 1. The molecule has 1 aliphatic carbocycles. The Morgan fingerprint density at radius 2 is 1.67 bits per heavy atom. The predicted molar refractivity (Wildman–Crippen MR) is 72.6 cm³/mol. The van der Waals surface area contributed by atoms with Gasteiger partial charge >= 0.3 is 5.97 Å². The van der Waals surface area contributed by atoms with Crippen molar-refractivity contribution in [1.82, 2.24) is 4.90 Å². The van der Waals surface area contributed by atoms with Gasteiger partial charge in [-0.15, -0.1) is 0 Å². The zero-order valence-corrected chi connectivity index (χ0v) is 11.4. The average Bonchev–Trinajstić information content (AvgIpc) is 2.40. The van der Waals surface area contributed by atoms with Crippen molar-refractivity contribution in [2.45, 2.75) is 57.8 Å². The minimum atomic E-state index is -0.609. The van der Waals surface area contributed by atoms with Crippen molar-refractivity contribution in [2.24, 2.45) is 11.8 Å². The standard InChI is InChI=1S/C15H27NO2/c17-15(18)11-14(13-7-3-1-4-8-13)12-16-9-5-2-6-10-16/h13-14H,1-12H2,(H,17,18). The van der Waals surface area contributed by atoms with Crippen LogP contribution in [0.15, 0.2) is 0 Å². The molecule has 2 aliphatic rings. The van der Waals surface area contributed by atoms with Crippen LogP contribution in [0, 0.1) is 11.8 Å². The van der Waals surface area contributed by atoms with E-state index in [0.29, 0.717) is 18.3 Å². The Hall–Kier alpha value is -0.570. The summed E-state index contributed by atoms with van der Waals surface area (Å²) >= 11 is 0. The summed E-state index contributed by atoms with van der Waals surface area (Å²) in [6.07, 6.45) is 10.8. The molecular formula is C15H27NO2. The normalized spacial score (nSPS) is 24.9. The lowest BCUT2D eigenvalue weighted by Gasteiger charge is -2.35. The third kappa shape index (κ3) is 4.27. The number of nitrogens with zero attached hydrogens (tertiary/aromatic N) is 1. The third-order valence-electron chi connectivity index (χ3n) is 4.69. The largest absolute Gasteiger partial charge is 0.481 e. The summed E-state index contributed by atoms with van der Waals surface area (Å²) < 4.78 is 0. The molecule has 1 saturated heterocycles. The number of likely N-dealkylation sites (tertiary alicyclic amines) is 1. The molecule has 0 bridgehead atoms. The fourth-order valence-electron chi connectivity index (χ4n) is 3.68. The first-order valence-corrected chi connectivity index (χ1v) is 7.70. The molecule has 0 aromatic rings. The molecule has 3 heteroatoms. The van der Waals surface area contributed by atoms with E-state index in [2.05, 4.69) is 4.90 Å². The molecule has 1 saturated carbocycles. The maximum absolute atomic E-state index is 11.1. The summed E-state index contributed by atoms with van der Waals surface area (Å²) in [5, 5.41) is 9.13. The summed E-state index contributed by atoms with van der Waals surface area (Å²) in [7, 11) is 0. The first-order chi connectivity index (χ1) is 8.75. The molecule has 0 spiro atoms. The highest BCUT2D eigenvalue weighted by atomic mass is 16.4. The quantitative estimate of drug-likeness (QED) is 0.818. The lowest BCUT2D eigenvalue weighted by Crippen LogP contribution is -2.38. The molecule has 1 unspecified atom stereocenters. The molecule has 1 heterocycles. The van der Waals surface area contributed by atoms with E-state index in [1.807, 2.05) is 0 Å². The summed E-state index contributed by atoms with van der Waals surface area (Å²) in [5.41, 5.74) is 0. The average molecular weight is 253 g/mol. The summed E-state index contributed by atoms with van der Waals surface area (Å²) in [5.74, 6) is 0.445. The van der Waals surface area contributed by atoms with Gasteiger partial charge in [-0.25, -0.2) is 0 Å². The Kier molecular flexibility index (Phi) is 5.48. The number of hydrogen-bond acceptors (Lipinski definition) is 2. The van der Waals surface area contributed by atoms with E-state index in [1.165, 1.54) is 64.5 Å². The van der Waals surface area contributed by atoms with Crippen molar-refractivity contribution in [3.8, 4) is 0 Å². The molecule has 1 N–H and O–H groups in total. The Balaban J connectivity index is 1.88. The predicted octanol–water partition coefficient (Wildman–Crippen LogP) is 3.14. The third-order valence-corrected chi connectivity index (χ3v) is 4.69. The van der Waals surface area contributed by atoms with Crippen molar-refractivity contribution < 1.29 is 9.90 Å². The highest BCUT2D eigenvalue weighted by Crippen LogP contribution is 2.32. The first kappa shape index (κ1) is 13.9. The van der Waals surface area contributed by atoms with Crippen LogP contribution < -0.4 is 0 Å². The van der Waals surface area contributed by atoms with E-state index in [9.17, 15) is 4.79 Å². The van der Waals surface area contributed by atoms with Crippen LogP contribution in [0.3, 0.4) is 0 Å². The summed E-state index contributed by atoms with van der Waals surface area (Å²) in [4.78, 5) is 13.6. The molecule has 2 fully saturated rings. The van der Waals surface area contributed by atoms with Gasteiger partial charge in [0.15, 0.2) is 0 Å². The second-order valence-electron chi connectivity index (χ2n) is 6.12. The van der Waals surface area contributed by atoms with E-state index in [-0.39, 0.29) is 0 Å². The summed E-state index contributed by atoms with van der Waals surface area (Å²) in [6.45, 7) is 3.39. The van der Waals surface area contributed by atoms with Crippen LogP contribution in [0.25, 0.3) is 0 Å². The molecule has 0 aromatic heterocycles. The fourth-order valence-corrected chi connectivity index (χ4v) is 3.68. The molecule has 18 heavy (non-hydrogen) atoms. The van der Waals surface area contributed by atoms with Crippen LogP contribution in [-0.2, 0) is 4.79 Å². The van der Waals surface area contributed by atoms with Gasteiger partial charge in [-0.3, -0.25) is 4.79 Å². The summed E-state index contributed by atoms with van der Waals surface area (Å²) in [6, 6.07) is 0.